The standard InChI is InChI=1S/C10H18FN3/c11-8-5-13(6-8)9-1-2-10(9)3-4-14(12)7-10/h8-9H,1-7,12H2. The van der Waals surface area contributed by atoms with Gasteiger partial charge < -0.3 is 0 Å². The lowest BCUT2D eigenvalue weighted by molar-refractivity contribution is -0.0809. The van der Waals surface area contributed by atoms with Crippen molar-refractivity contribution < 1.29 is 4.39 Å². The van der Waals surface area contributed by atoms with Gasteiger partial charge in [0.1, 0.15) is 6.17 Å². The van der Waals surface area contributed by atoms with E-state index in [1.165, 1.54) is 19.3 Å². The van der Waals surface area contributed by atoms with E-state index in [-0.39, 0.29) is 0 Å². The minimum Gasteiger partial charge on any atom is -0.294 e. The molecule has 3 aliphatic rings. The Kier molecular flexibility index (Phi) is 1.88. The van der Waals surface area contributed by atoms with Crippen molar-refractivity contribution >= 4 is 0 Å². The molecule has 0 aromatic rings. The number of halogens is 1. The fourth-order valence-electron chi connectivity index (χ4n) is 3.37. The van der Waals surface area contributed by atoms with Gasteiger partial charge in [0.15, 0.2) is 0 Å². The molecule has 1 aliphatic carbocycles. The lowest BCUT2D eigenvalue weighted by Crippen LogP contribution is -2.64. The Balaban J connectivity index is 1.65. The van der Waals surface area contributed by atoms with E-state index in [0.29, 0.717) is 24.5 Å². The summed E-state index contributed by atoms with van der Waals surface area (Å²) in [6.45, 7) is 3.36. The van der Waals surface area contributed by atoms with E-state index < -0.39 is 6.17 Å². The van der Waals surface area contributed by atoms with E-state index in [9.17, 15) is 4.39 Å². The summed E-state index contributed by atoms with van der Waals surface area (Å²) >= 11 is 0. The fraction of sp³-hybridized carbons (Fsp3) is 1.00. The molecule has 3 rings (SSSR count). The maximum atomic E-state index is 12.8. The van der Waals surface area contributed by atoms with Crippen LogP contribution in [0.25, 0.3) is 0 Å². The van der Waals surface area contributed by atoms with Crippen LogP contribution in [0.5, 0.6) is 0 Å². The van der Waals surface area contributed by atoms with Crippen LogP contribution < -0.4 is 5.84 Å². The molecule has 1 saturated carbocycles. The molecule has 2 aliphatic heterocycles. The molecule has 2 N–H and O–H groups in total. The molecule has 0 radical (unpaired) electrons. The SMILES string of the molecule is NN1CCC2(CCC2N2CC(F)C2)C1. The normalized spacial score (nSPS) is 45.4. The van der Waals surface area contributed by atoms with Gasteiger partial charge in [-0.05, 0) is 19.3 Å². The second-order valence-corrected chi connectivity index (χ2v) is 5.19. The van der Waals surface area contributed by atoms with Gasteiger partial charge in [0.2, 0.25) is 0 Å². The van der Waals surface area contributed by atoms with E-state index in [2.05, 4.69) is 4.90 Å². The smallest absolute Gasteiger partial charge is 0.125 e. The van der Waals surface area contributed by atoms with Crippen molar-refractivity contribution in [3.05, 3.63) is 0 Å². The Morgan fingerprint density at radius 2 is 2.07 bits per heavy atom. The molecule has 80 valence electrons. The lowest BCUT2D eigenvalue weighted by Gasteiger charge is -2.56. The molecule has 2 heterocycles. The zero-order valence-corrected chi connectivity index (χ0v) is 8.45. The van der Waals surface area contributed by atoms with Crippen molar-refractivity contribution in [2.75, 3.05) is 26.2 Å². The highest BCUT2D eigenvalue weighted by atomic mass is 19.1. The number of likely N-dealkylation sites (tertiary alicyclic amines) is 1. The Labute approximate surface area is 84.0 Å². The van der Waals surface area contributed by atoms with E-state index in [1.807, 2.05) is 5.01 Å². The first-order chi connectivity index (χ1) is 6.70. The quantitative estimate of drug-likeness (QED) is 0.619. The van der Waals surface area contributed by atoms with E-state index in [0.717, 1.165) is 13.1 Å². The van der Waals surface area contributed by atoms with Crippen LogP contribution in [0, 0.1) is 5.41 Å². The molecule has 3 fully saturated rings. The van der Waals surface area contributed by atoms with Crippen LogP contribution in [0.2, 0.25) is 0 Å². The summed E-state index contributed by atoms with van der Waals surface area (Å²) in [6, 6.07) is 0.628. The largest absolute Gasteiger partial charge is 0.294 e. The van der Waals surface area contributed by atoms with Crippen molar-refractivity contribution in [1.29, 1.82) is 0 Å². The summed E-state index contributed by atoms with van der Waals surface area (Å²) < 4.78 is 12.8. The first kappa shape index (κ1) is 9.07. The number of hydrogen-bond acceptors (Lipinski definition) is 3. The average molecular weight is 199 g/mol. The molecular weight excluding hydrogens is 181 g/mol. The molecule has 0 aromatic heterocycles. The van der Waals surface area contributed by atoms with E-state index >= 15 is 0 Å². The summed E-state index contributed by atoms with van der Waals surface area (Å²) in [4.78, 5) is 2.31. The van der Waals surface area contributed by atoms with Crippen molar-refractivity contribution in [2.45, 2.75) is 31.5 Å². The molecule has 3 nitrogen and oxygen atoms in total. The van der Waals surface area contributed by atoms with Crippen molar-refractivity contribution in [2.24, 2.45) is 11.3 Å². The number of alkyl halides is 1. The maximum Gasteiger partial charge on any atom is 0.125 e. The predicted molar refractivity (Wildman–Crippen MR) is 52.3 cm³/mol. The van der Waals surface area contributed by atoms with Crippen LogP contribution in [-0.4, -0.2) is 48.3 Å². The third-order valence-corrected chi connectivity index (χ3v) is 4.34. The van der Waals surface area contributed by atoms with Crippen molar-refractivity contribution in [3.63, 3.8) is 0 Å². The first-order valence-corrected chi connectivity index (χ1v) is 5.57. The zero-order chi connectivity index (χ0) is 9.76. The Morgan fingerprint density at radius 3 is 2.50 bits per heavy atom. The minimum atomic E-state index is -0.567. The van der Waals surface area contributed by atoms with Gasteiger partial charge in [-0.2, -0.15) is 0 Å². The molecule has 0 bridgehead atoms. The van der Waals surface area contributed by atoms with Crippen molar-refractivity contribution in [1.82, 2.24) is 9.91 Å². The number of nitrogens with zero attached hydrogens (tertiary/aromatic N) is 2. The topological polar surface area (TPSA) is 32.5 Å². The number of rotatable bonds is 1. The molecule has 2 unspecified atom stereocenters. The Bertz CT molecular complexity index is 242. The van der Waals surface area contributed by atoms with Gasteiger partial charge in [0, 0.05) is 37.6 Å². The zero-order valence-electron chi connectivity index (χ0n) is 8.45. The Hall–Kier alpha value is -0.190. The Morgan fingerprint density at radius 1 is 1.29 bits per heavy atom. The number of hydrazine groups is 1. The summed E-state index contributed by atoms with van der Waals surface area (Å²) in [5.41, 5.74) is 0.425. The van der Waals surface area contributed by atoms with Crippen LogP contribution in [0.1, 0.15) is 19.3 Å². The second kappa shape index (κ2) is 2.90. The van der Waals surface area contributed by atoms with Gasteiger partial charge >= 0.3 is 0 Å². The number of nitrogens with two attached hydrogens (primary N) is 1. The first-order valence-electron chi connectivity index (χ1n) is 5.57. The van der Waals surface area contributed by atoms with Crippen LogP contribution in [-0.2, 0) is 0 Å². The van der Waals surface area contributed by atoms with Gasteiger partial charge in [-0.15, -0.1) is 0 Å². The average Bonchev–Trinajstić information content (AvgIpc) is 2.45. The third kappa shape index (κ3) is 1.14. The van der Waals surface area contributed by atoms with Gasteiger partial charge in [0.25, 0.3) is 0 Å². The summed E-state index contributed by atoms with van der Waals surface area (Å²) in [7, 11) is 0. The molecule has 1 spiro atoms. The molecule has 0 aromatic carbocycles. The van der Waals surface area contributed by atoms with Crippen LogP contribution in [0.15, 0.2) is 0 Å². The maximum absolute atomic E-state index is 12.8. The lowest BCUT2D eigenvalue weighted by atomic mass is 9.62. The molecular formula is C10H18FN3. The monoisotopic (exact) mass is 199 g/mol. The summed E-state index contributed by atoms with van der Waals surface area (Å²) in [5, 5.41) is 1.93. The molecule has 14 heavy (non-hydrogen) atoms. The molecule has 4 heteroatoms. The third-order valence-electron chi connectivity index (χ3n) is 4.34. The van der Waals surface area contributed by atoms with Crippen LogP contribution in [0.3, 0.4) is 0 Å². The summed E-state index contributed by atoms with van der Waals surface area (Å²) in [5.74, 6) is 5.81. The van der Waals surface area contributed by atoms with Gasteiger partial charge in [0.05, 0.1) is 0 Å². The molecule has 0 amide bonds. The minimum absolute atomic E-state index is 0.425. The van der Waals surface area contributed by atoms with Gasteiger partial charge in [-0.1, -0.05) is 0 Å². The molecule has 2 saturated heterocycles. The fourth-order valence-corrected chi connectivity index (χ4v) is 3.37. The predicted octanol–water partition coefficient (Wildman–Crippen LogP) is 0.368. The molecule has 2 atom stereocenters. The highest BCUT2D eigenvalue weighted by Crippen LogP contribution is 2.51. The van der Waals surface area contributed by atoms with Gasteiger partial charge in [-0.3, -0.25) is 10.7 Å². The van der Waals surface area contributed by atoms with E-state index in [4.69, 9.17) is 5.84 Å². The van der Waals surface area contributed by atoms with Gasteiger partial charge in [-0.25, -0.2) is 9.40 Å². The number of hydrogen-bond donors (Lipinski definition) is 1. The van der Waals surface area contributed by atoms with Crippen LogP contribution in [0.4, 0.5) is 4.39 Å². The highest BCUT2D eigenvalue weighted by molar-refractivity contribution is 5.08. The second-order valence-electron chi connectivity index (χ2n) is 5.19. The highest BCUT2D eigenvalue weighted by Gasteiger charge is 2.54. The summed E-state index contributed by atoms with van der Waals surface area (Å²) in [6.07, 6.45) is 3.18. The van der Waals surface area contributed by atoms with E-state index in [1.54, 1.807) is 0 Å². The van der Waals surface area contributed by atoms with Crippen molar-refractivity contribution in [3.8, 4) is 0 Å². The van der Waals surface area contributed by atoms with Crippen LogP contribution >= 0.6 is 0 Å².